The fraction of sp³-hybridized carbons (Fsp3) is 0.545. The van der Waals surface area contributed by atoms with Crippen LogP contribution in [0.2, 0.25) is 0 Å². The van der Waals surface area contributed by atoms with Gasteiger partial charge in [0.15, 0.2) is 0 Å². The van der Waals surface area contributed by atoms with Crippen LogP contribution in [0.4, 0.5) is 5.82 Å². The van der Waals surface area contributed by atoms with Gasteiger partial charge < -0.3 is 4.90 Å². The largest absolute Gasteiger partial charge is 0.355 e. The van der Waals surface area contributed by atoms with Crippen LogP contribution in [0.15, 0.2) is 18.3 Å². The second kappa shape index (κ2) is 4.30. The Bertz CT molecular complexity index is 287. The van der Waals surface area contributed by atoms with Crippen molar-refractivity contribution in [3.63, 3.8) is 0 Å². The van der Waals surface area contributed by atoms with Crippen molar-refractivity contribution in [2.45, 2.75) is 31.6 Å². The van der Waals surface area contributed by atoms with Crippen molar-refractivity contribution in [2.24, 2.45) is 0 Å². The van der Waals surface area contributed by atoms with Gasteiger partial charge in [-0.1, -0.05) is 22.0 Å². The maximum absolute atomic E-state index is 4.41. The highest BCUT2D eigenvalue weighted by Crippen LogP contribution is 2.19. The van der Waals surface area contributed by atoms with Gasteiger partial charge in [0.25, 0.3) is 0 Å². The van der Waals surface area contributed by atoms with E-state index in [4.69, 9.17) is 0 Å². The normalized spacial score (nSPS) is 11.5. The lowest BCUT2D eigenvalue weighted by Gasteiger charge is -2.33. The molecule has 2 nitrogen and oxygen atoms in total. The Balaban J connectivity index is 2.87. The summed E-state index contributed by atoms with van der Waals surface area (Å²) >= 11 is 3.40. The van der Waals surface area contributed by atoms with Crippen LogP contribution in [-0.2, 0) is 5.33 Å². The second-order valence-corrected chi connectivity index (χ2v) is 4.95. The minimum atomic E-state index is 0.114. The van der Waals surface area contributed by atoms with Crippen LogP contribution >= 0.6 is 15.9 Å². The summed E-state index contributed by atoms with van der Waals surface area (Å²) in [7, 11) is 2.07. The van der Waals surface area contributed by atoms with E-state index in [2.05, 4.69) is 65.8 Å². The highest BCUT2D eigenvalue weighted by atomic mass is 79.9. The molecule has 0 unspecified atom stereocenters. The van der Waals surface area contributed by atoms with E-state index in [1.807, 2.05) is 6.20 Å². The molecule has 0 radical (unpaired) electrons. The number of nitrogens with zero attached hydrogens (tertiary/aromatic N) is 2. The first-order valence-electron chi connectivity index (χ1n) is 4.70. The van der Waals surface area contributed by atoms with Gasteiger partial charge in [0.1, 0.15) is 5.82 Å². The van der Waals surface area contributed by atoms with E-state index in [1.165, 1.54) is 5.56 Å². The Labute approximate surface area is 94.5 Å². The molecule has 0 aliphatic carbocycles. The minimum absolute atomic E-state index is 0.114. The standard InChI is InChI=1S/C11H17BrN2/c1-11(2,3)14(4)10-6-5-9(7-12)8-13-10/h5-6,8H,7H2,1-4H3. The van der Waals surface area contributed by atoms with Crippen LogP contribution in [0, 0.1) is 0 Å². The number of rotatable bonds is 2. The molecule has 0 amide bonds. The summed E-state index contributed by atoms with van der Waals surface area (Å²) < 4.78 is 0. The topological polar surface area (TPSA) is 16.1 Å². The van der Waals surface area contributed by atoms with Crippen molar-refractivity contribution in [3.8, 4) is 0 Å². The zero-order valence-electron chi connectivity index (χ0n) is 9.21. The van der Waals surface area contributed by atoms with E-state index in [1.54, 1.807) is 0 Å². The molecule has 0 atom stereocenters. The van der Waals surface area contributed by atoms with Gasteiger partial charge in [0.2, 0.25) is 0 Å². The Hall–Kier alpha value is -0.570. The average Bonchev–Trinajstić information content (AvgIpc) is 2.15. The molecule has 0 N–H and O–H groups in total. The lowest BCUT2D eigenvalue weighted by atomic mass is 10.1. The quantitative estimate of drug-likeness (QED) is 0.756. The molecule has 3 heteroatoms. The summed E-state index contributed by atoms with van der Waals surface area (Å²) in [6, 6.07) is 4.15. The van der Waals surface area contributed by atoms with Gasteiger partial charge in [-0.15, -0.1) is 0 Å². The van der Waals surface area contributed by atoms with Gasteiger partial charge in [0, 0.05) is 24.1 Å². The first-order chi connectivity index (χ1) is 6.45. The molecule has 0 aliphatic rings. The van der Waals surface area contributed by atoms with Crippen LogP contribution in [0.1, 0.15) is 26.3 Å². The molecule has 1 aromatic heterocycles. The zero-order chi connectivity index (χ0) is 10.8. The highest BCUT2D eigenvalue weighted by Gasteiger charge is 2.17. The number of anilines is 1. The van der Waals surface area contributed by atoms with E-state index >= 15 is 0 Å². The van der Waals surface area contributed by atoms with Gasteiger partial charge in [-0.2, -0.15) is 0 Å². The van der Waals surface area contributed by atoms with Gasteiger partial charge in [-0.25, -0.2) is 4.98 Å². The molecular formula is C11H17BrN2. The SMILES string of the molecule is CN(c1ccc(CBr)cn1)C(C)(C)C. The first kappa shape index (κ1) is 11.5. The first-order valence-corrected chi connectivity index (χ1v) is 5.82. The summed E-state index contributed by atoms with van der Waals surface area (Å²) in [5.74, 6) is 1.02. The van der Waals surface area contributed by atoms with Crippen molar-refractivity contribution in [2.75, 3.05) is 11.9 Å². The van der Waals surface area contributed by atoms with Crippen LogP contribution in [-0.4, -0.2) is 17.6 Å². The van der Waals surface area contributed by atoms with E-state index in [0.717, 1.165) is 11.1 Å². The number of alkyl halides is 1. The molecule has 0 aliphatic heterocycles. The maximum atomic E-state index is 4.41. The molecule has 14 heavy (non-hydrogen) atoms. The van der Waals surface area contributed by atoms with Crippen LogP contribution < -0.4 is 4.90 Å². The molecule has 0 saturated carbocycles. The number of aromatic nitrogens is 1. The summed E-state index contributed by atoms with van der Waals surface area (Å²) in [5, 5.41) is 0.861. The predicted octanol–water partition coefficient (Wildman–Crippen LogP) is 3.21. The van der Waals surface area contributed by atoms with Gasteiger partial charge in [0.05, 0.1) is 0 Å². The van der Waals surface area contributed by atoms with Crippen molar-refractivity contribution >= 4 is 21.7 Å². The molecular weight excluding hydrogens is 240 g/mol. The van der Waals surface area contributed by atoms with Gasteiger partial charge in [-0.05, 0) is 32.4 Å². The zero-order valence-corrected chi connectivity index (χ0v) is 10.8. The Morgan fingerprint density at radius 1 is 1.36 bits per heavy atom. The van der Waals surface area contributed by atoms with Gasteiger partial charge in [-0.3, -0.25) is 0 Å². The maximum Gasteiger partial charge on any atom is 0.128 e. The van der Waals surface area contributed by atoms with Crippen LogP contribution in [0.5, 0.6) is 0 Å². The van der Waals surface area contributed by atoms with E-state index in [9.17, 15) is 0 Å². The van der Waals surface area contributed by atoms with Crippen molar-refractivity contribution in [1.29, 1.82) is 0 Å². The third-order valence-electron chi connectivity index (χ3n) is 2.31. The minimum Gasteiger partial charge on any atom is -0.355 e. The molecule has 0 bridgehead atoms. The smallest absolute Gasteiger partial charge is 0.128 e. The Kier molecular flexibility index (Phi) is 3.53. The van der Waals surface area contributed by atoms with Crippen LogP contribution in [0.3, 0.4) is 0 Å². The van der Waals surface area contributed by atoms with E-state index in [0.29, 0.717) is 0 Å². The Morgan fingerprint density at radius 3 is 2.36 bits per heavy atom. The fourth-order valence-electron chi connectivity index (χ4n) is 1.04. The molecule has 1 heterocycles. The third kappa shape index (κ3) is 2.71. The molecule has 0 fully saturated rings. The molecule has 0 saturated heterocycles. The van der Waals surface area contributed by atoms with E-state index in [-0.39, 0.29) is 5.54 Å². The predicted molar refractivity (Wildman–Crippen MR) is 65.0 cm³/mol. The number of hydrogen-bond donors (Lipinski definition) is 0. The lowest BCUT2D eigenvalue weighted by molar-refractivity contribution is 0.534. The van der Waals surface area contributed by atoms with Crippen LogP contribution in [0.25, 0.3) is 0 Å². The van der Waals surface area contributed by atoms with Crippen molar-refractivity contribution < 1.29 is 0 Å². The monoisotopic (exact) mass is 256 g/mol. The Morgan fingerprint density at radius 2 is 2.00 bits per heavy atom. The summed E-state index contributed by atoms with van der Waals surface area (Å²) in [4.78, 5) is 6.58. The lowest BCUT2D eigenvalue weighted by Crippen LogP contribution is -2.38. The highest BCUT2D eigenvalue weighted by molar-refractivity contribution is 9.08. The average molecular weight is 257 g/mol. The summed E-state index contributed by atoms with van der Waals surface area (Å²) in [6.07, 6.45) is 1.91. The molecule has 0 aromatic carbocycles. The summed E-state index contributed by atoms with van der Waals surface area (Å²) in [5.41, 5.74) is 1.32. The number of hydrogen-bond acceptors (Lipinski definition) is 2. The summed E-state index contributed by atoms with van der Waals surface area (Å²) in [6.45, 7) is 6.52. The molecule has 1 rings (SSSR count). The molecule has 78 valence electrons. The van der Waals surface area contributed by atoms with Gasteiger partial charge >= 0.3 is 0 Å². The number of halogens is 1. The number of pyridine rings is 1. The van der Waals surface area contributed by atoms with E-state index < -0.39 is 0 Å². The third-order valence-corrected chi connectivity index (χ3v) is 2.96. The second-order valence-electron chi connectivity index (χ2n) is 4.39. The fourth-order valence-corrected chi connectivity index (χ4v) is 1.37. The van der Waals surface area contributed by atoms with Crippen molar-refractivity contribution in [1.82, 2.24) is 4.98 Å². The molecule has 0 spiro atoms. The van der Waals surface area contributed by atoms with Crippen molar-refractivity contribution in [3.05, 3.63) is 23.9 Å². The molecule has 1 aromatic rings.